The zero-order valence-electron chi connectivity index (χ0n) is 11.1. The van der Waals surface area contributed by atoms with Gasteiger partial charge in [-0.05, 0) is 31.7 Å². The monoisotopic (exact) mass is 260 g/mol. The molecule has 0 atom stereocenters. The van der Waals surface area contributed by atoms with Crippen LogP contribution in [0.15, 0.2) is 6.07 Å². The Kier molecular flexibility index (Phi) is 2.62. The van der Waals surface area contributed by atoms with E-state index in [0.717, 1.165) is 37.9 Å². The highest BCUT2D eigenvalue weighted by Crippen LogP contribution is 2.39. The van der Waals surface area contributed by atoms with Crippen LogP contribution in [0.5, 0.6) is 0 Å². The summed E-state index contributed by atoms with van der Waals surface area (Å²) in [5.41, 5.74) is 1.74. The molecule has 4 rings (SSSR count). The molecule has 0 aromatic carbocycles. The van der Waals surface area contributed by atoms with E-state index >= 15 is 0 Å². The quantitative estimate of drug-likeness (QED) is 0.888. The molecule has 1 saturated heterocycles. The molecule has 5 heteroatoms. The molecule has 2 saturated carbocycles. The van der Waals surface area contributed by atoms with Gasteiger partial charge in [0.1, 0.15) is 5.69 Å². The van der Waals surface area contributed by atoms with Crippen LogP contribution in [0.4, 0.5) is 0 Å². The first-order valence-corrected chi connectivity index (χ1v) is 7.40. The third-order valence-corrected chi connectivity index (χ3v) is 4.50. The van der Waals surface area contributed by atoms with E-state index in [-0.39, 0.29) is 5.91 Å². The molecule has 0 spiro atoms. The van der Waals surface area contributed by atoms with E-state index in [4.69, 9.17) is 0 Å². The van der Waals surface area contributed by atoms with E-state index in [0.29, 0.717) is 11.6 Å². The second-order valence-electron chi connectivity index (χ2n) is 6.04. The van der Waals surface area contributed by atoms with Crippen LogP contribution < -0.4 is 0 Å². The Hall–Kier alpha value is -1.36. The minimum Gasteiger partial charge on any atom is -0.335 e. The van der Waals surface area contributed by atoms with Crippen LogP contribution in [-0.2, 0) is 0 Å². The maximum atomic E-state index is 12.4. The van der Waals surface area contributed by atoms with Crippen molar-refractivity contribution < 1.29 is 4.79 Å². The zero-order valence-corrected chi connectivity index (χ0v) is 11.1. The zero-order chi connectivity index (χ0) is 12.8. The standard InChI is InChI=1S/C14H20N4O/c19-14(13-9-12(15-16-13)10-1-2-10)18-7-5-17(6-8-18)11-3-4-11/h9-11H,1-8H2,(H,15,16). The number of carbonyl (C=O) groups is 1. The van der Waals surface area contributed by atoms with Gasteiger partial charge in [0.2, 0.25) is 0 Å². The molecule has 0 bridgehead atoms. The van der Waals surface area contributed by atoms with Crippen LogP contribution in [0.2, 0.25) is 0 Å². The highest BCUT2D eigenvalue weighted by atomic mass is 16.2. The van der Waals surface area contributed by atoms with Crippen LogP contribution in [-0.4, -0.2) is 58.1 Å². The molecular formula is C14H20N4O. The molecule has 2 heterocycles. The summed E-state index contributed by atoms with van der Waals surface area (Å²) in [4.78, 5) is 16.8. The Morgan fingerprint density at radius 1 is 1.16 bits per heavy atom. The van der Waals surface area contributed by atoms with Crippen molar-refractivity contribution >= 4 is 5.91 Å². The minimum atomic E-state index is 0.0959. The number of nitrogens with one attached hydrogen (secondary N) is 1. The average Bonchev–Trinajstić information content (AvgIpc) is 3.37. The lowest BCUT2D eigenvalue weighted by Gasteiger charge is -2.34. The summed E-state index contributed by atoms with van der Waals surface area (Å²) >= 11 is 0. The summed E-state index contributed by atoms with van der Waals surface area (Å²) in [6.45, 7) is 3.74. The number of H-pyrrole nitrogens is 1. The first kappa shape index (κ1) is 11.5. The molecule has 1 aromatic heterocycles. The second kappa shape index (κ2) is 4.34. The van der Waals surface area contributed by atoms with Crippen LogP contribution in [0.1, 0.15) is 47.8 Å². The molecule has 5 nitrogen and oxygen atoms in total. The van der Waals surface area contributed by atoms with Gasteiger partial charge in [-0.2, -0.15) is 5.10 Å². The molecule has 1 aliphatic heterocycles. The lowest BCUT2D eigenvalue weighted by Crippen LogP contribution is -2.49. The Labute approximate surface area is 113 Å². The Balaban J connectivity index is 1.39. The Morgan fingerprint density at radius 3 is 2.53 bits per heavy atom. The number of nitrogens with zero attached hydrogens (tertiary/aromatic N) is 3. The highest BCUT2D eigenvalue weighted by molar-refractivity contribution is 5.92. The van der Waals surface area contributed by atoms with Crippen molar-refractivity contribution in [3.8, 4) is 0 Å². The van der Waals surface area contributed by atoms with Crippen molar-refractivity contribution in [1.82, 2.24) is 20.0 Å². The maximum absolute atomic E-state index is 12.4. The van der Waals surface area contributed by atoms with Gasteiger partial charge in [0.25, 0.3) is 5.91 Å². The van der Waals surface area contributed by atoms with Gasteiger partial charge in [0, 0.05) is 43.8 Å². The van der Waals surface area contributed by atoms with E-state index in [1.807, 2.05) is 11.0 Å². The van der Waals surface area contributed by atoms with Crippen molar-refractivity contribution in [2.24, 2.45) is 0 Å². The molecule has 2 aliphatic carbocycles. The third kappa shape index (κ3) is 2.27. The number of aromatic nitrogens is 2. The highest BCUT2D eigenvalue weighted by Gasteiger charge is 2.33. The second-order valence-corrected chi connectivity index (χ2v) is 6.04. The largest absolute Gasteiger partial charge is 0.335 e. The summed E-state index contributed by atoms with van der Waals surface area (Å²) in [6.07, 6.45) is 5.15. The van der Waals surface area contributed by atoms with E-state index in [2.05, 4.69) is 15.1 Å². The molecule has 102 valence electrons. The number of aromatic amines is 1. The number of amides is 1. The number of rotatable bonds is 3. The van der Waals surface area contributed by atoms with Crippen molar-refractivity contribution in [3.05, 3.63) is 17.5 Å². The minimum absolute atomic E-state index is 0.0959. The average molecular weight is 260 g/mol. The van der Waals surface area contributed by atoms with Crippen LogP contribution in [0.3, 0.4) is 0 Å². The predicted molar refractivity (Wildman–Crippen MR) is 71.1 cm³/mol. The fraction of sp³-hybridized carbons (Fsp3) is 0.714. The summed E-state index contributed by atoms with van der Waals surface area (Å²) in [5, 5.41) is 7.21. The SMILES string of the molecule is O=C(c1cc(C2CC2)[nH]n1)N1CCN(C2CC2)CC1. The fourth-order valence-electron chi connectivity index (χ4n) is 2.94. The number of piperazine rings is 1. The van der Waals surface area contributed by atoms with Crippen molar-refractivity contribution in [1.29, 1.82) is 0 Å². The molecule has 0 radical (unpaired) electrons. The van der Waals surface area contributed by atoms with Gasteiger partial charge >= 0.3 is 0 Å². The molecule has 19 heavy (non-hydrogen) atoms. The first-order valence-electron chi connectivity index (χ1n) is 7.40. The molecule has 1 amide bonds. The molecule has 3 aliphatic rings. The van der Waals surface area contributed by atoms with Gasteiger partial charge < -0.3 is 4.90 Å². The van der Waals surface area contributed by atoms with Crippen LogP contribution >= 0.6 is 0 Å². The Morgan fingerprint density at radius 2 is 1.89 bits per heavy atom. The van der Waals surface area contributed by atoms with Gasteiger partial charge in [-0.3, -0.25) is 14.8 Å². The van der Waals surface area contributed by atoms with Crippen molar-refractivity contribution in [3.63, 3.8) is 0 Å². The summed E-state index contributed by atoms with van der Waals surface area (Å²) in [6, 6.07) is 2.76. The van der Waals surface area contributed by atoms with Crippen LogP contribution in [0, 0.1) is 0 Å². The lowest BCUT2D eigenvalue weighted by atomic mass is 10.2. The van der Waals surface area contributed by atoms with Gasteiger partial charge in [-0.25, -0.2) is 0 Å². The first-order chi connectivity index (χ1) is 9.31. The lowest BCUT2D eigenvalue weighted by molar-refractivity contribution is 0.0621. The topological polar surface area (TPSA) is 52.2 Å². The summed E-state index contributed by atoms with van der Waals surface area (Å²) in [5.74, 6) is 0.722. The van der Waals surface area contributed by atoms with Crippen molar-refractivity contribution in [2.75, 3.05) is 26.2 Å². The summed E-state index contributed by atoms with van der Waals surface area (Å²) in [7, 11) is 0. The number of hydrogen-bond donors (Lipinski definition) is 1. The van der Waals surface area contributed by atoms with Gasteiger partial charge in [-0.1, -0.05) is 0 Å². The maximum Gasteiger partial charge on any atom is 0.274 e. The number of carbonyl (C=O) groups excluding carboxylic acids is 1. The van der Waals surface area contributed by atoms with Gasteiger partial charge in [-0.15, -0.1) is 0 Å². The summed E-state index contributed by atoms with van der Waals surface area (Å²) < 4.78 is 0. The molecule has 0 unspecified atom stereocenters. The van der Waals surface area contributed by atoms with E-state index in [9.17, 15) is 4.79 Å². The Bertz CT molecular complexity index is 481. The van der Waals surface area contributed by atoms with E-state index in [1.165, 1.54) is 25.7 Å². The normalized spacial score (nSPS) is 24.7. The molecule has 3 fully saturated rings. The predicted octanol–water partition coefficient (Wildman–Crippen LogP) is 1.21. The molecule has 1 N–H and O–H groups in total. The van der Waals surface area contributed by atoms with Crippen molar-refractivity contribution in [2.45, 2.75) is 37.6 Å². The van der Waals surface area contributed by atoms with Crippen LogP contribution in [0.25, 0.3) is 0 Å². The van der Waals surface area contributed by atoms with Gasteiger partial charge in [0.15, 0.2) is 0 Å². The van der Waals surface area contributed by atoms with E-state index in [1.54, 1.807) is 0 Å². The molecule has 1 aromatic rings. The smallest absolute Gasteiger partial charge is 0.274 e. The molecular weight excluding hydrogens is 240 g/mol. The third-order valence-electron chi connectivity index (χ3n) is 4.50. The number of hydrogen-bond acceptors (Lipinski definition) is 3. The fourth-order valence-corrected chi connectivity index (χ4v) is 2.94. The van der Waals surface area contributed by atoms with Gasteiger partial charge in [0.05, 0.1) is 0 Å². The van der Waals surface area contributed by atoms with E-state index < -0.39 is 0 Å².